The van der Waals surface area contributed by atoms with Gasteiger partial charge in [0.1, 0.15) is 17.4 Å². The highest BCUT2D eigenvalue weighted by molar-refractivity contribution is 6.30. The van der Waals surface area contributed by atoms with Gasteiger partial charge in [-0.3, -0.25) is 0 Å². The summed E-state index contributed by atoms with van der Waals surface area (Å²) in [5.41, 5.74) is 2.97. The van der Waals surface area contributed by atoms with Gasteiger partial charge in [-0.05, 0) is 71.7 Å². The Labute approximate surface area is 199 Å². The predicted molar refractivity (Wildman–Crippen MR) is 133 cm³/mol. The zero-order chi connectivity index (χ0) is 23.2. The molecule has 0 heterocycles. The summed E-state index contributed by atoms with van der Waals surface area (Å²) in [5.74, 6) is -0.0313. The average Bonchev–Trinajstić information content (AvgIpc) is 2.82. The number of fused-ring (bicyclic) bond motifs is 1. The van der Waals surface area contributed by atoms with E-state index < -0.39 is 0 Å². The molecule has 0 unspecified atom stereocenters. The van der Waals surface area contributed by atoms with E-state index in [0.717, 1.165) is 36.6 Å². The van der Waals surface area contributed by atoms with Crippen LogP contribution in [0.4, 0.5) is 8.78 Å². The minimum absolute atomic E-state index is 0.218. The van der Waals surface area contributed by atoms with Crippen molar-refractivity contribution < 1.29 is 13.5 Å². The smallest absolute Gasteiger partial charge is 0.134 e. The number of unbranched alkanes of at least 4 members (excludes halogenated alkanes) is 2. The monoisotopic (exact) mass is 464 g/mol. The molecule has 1 nitrogen and oxygen atoms in total. The van der Waals surface area contributed by atoms with Crippen molar-refractivity contribution in [3.63, 3.8) is 0 Å². The van der Waals surface area contributed by atoms with E-state index in [1.54, 1.807) is 24.3 Å². The number of halogens is 3. The van der Waals surface area contributed by atoms with Crippen molar-refractivity contribution in [3.05, 3.63) is 101 Å². The van der Waals surface area contributed by atoms with E-state index in [9.17, 15) is 4.39 Å². The molecule has 0 saturated carbocycles. The zero-order valence-electron chi connectivity index (χ0n) is 18.7. The predicted octanol–water partition coefficient (Wildman–Crippen LogP) is 8.79. The molecule has 4 heteroatoms. The fourth-order valence-electron chi connectivity index (χ4n) is 3.99. The Morgan fingerprint density at radius 1 is 0.818 bits per heavy atom. The van der Waals surface area contributed by atoms with Gasteiger partial charge in [-0.1, -0.05) is 67.8 Å². The van der Waals surface area contributed by atoms with Crippen LogP contribution in [0.15, 0.2) is 72.8 Å². The van der Waals surface area contributed by atoms with Gasteiger partial charge < -0.3 is 4.74 Å². The summed E-state index contributed by atoms with van der Waals surface area (Å²) in [5, 5.41) is 1.99. The Balaban J connectivity index is 1.51. The third-order valence-corrected chi connectivity index (χ3v) is 6.15. The molecule has 0 aliphatic heterocycles. The average molecular weight is 465 g/mol. The summed E-state index contributed by atoms with van der Waals surface area (Å²) >= 11 is 5.93. The van der Waals surface area contributed by atoms with Crippen LogP contribution in [-0.4, -0.2) is 6.61 Å². The fourth-order valence-corrected chi connectivity index (χ4v) is 4.12. The van der Waals surface area contributed by atoms with Gasteiger partial charge >= 0.3 is 0 Å². The first-order valence-electron chi connectivity index (χ1n) is 11.4. The molecule has 0 spiro atoms. The van der Waals surface area contributed by atoms with Crippen molar-refractivity contribution in [3.8, 4) is 16.9 Å². The van der Waals surface area contributed by atoms with Crippen molar-refractivity contribution in [2.24, 2.45) is 0 Å². The molecule has 170 valence electrons. The normalized spacial score (nSPS) is 11.2. The van der Waals surface area contributed by atoms with E-state index in [1.807, 2.05) is 42.5 Å². The molecular weight excluding hydrogens is 438 g/mol. The van der Waals surface area contributed by atoms with Crippen LogP contribution in [0.3, 0.4) is 0 Å². The maximum Gasteiger partial charge on any atom is 0.134 e. The quantitative estimate of drug-likeness (QED) is 0.225. The summed E-state index contributed by atoms with van der Waals surface area (Å²) in [6.45, 7) is 2.72. The maximum atomic E-state index is 15.2. The summed E-state index contributed by atoms with van der Waals surface area (Å²) in [6, 6.07) is 21.6. The summed E-state index contributed by atoms with van der Waals surface area (Å²) in [7, 11) is 0. The second kappa shape index (κ2) is 10.8. The first kappa shape index (κ1) is 23.3. The van der Waals surface area contributed by atoms with Gasteiger partial charge in [0, 0.05) is 22.0 Å². The van der Waals surface area contributed by atoms with Crippen LogP contribution in [0.25, 0.3) is 21.9 Å². The third kappa shape index (κ3) is 5.72. The van der Waals surface area contributed by atoms with Gasteiger partial charge in [0.25, 0.3) is 0 Å². The highest BCUT2D eigenvalue weighted by atomic mass is 35.5. The molecule has 0 fully saturated rings. The molecule has 4 aromatic carbocycles. The molecule has 0 aromatic heterocycles. The standard InChI is InChI=1S/C29H27ClF2O/c1-2-3-4-17-33-25-14-16-26(28(31)19-25)22-11-15-27-23(18-22)10-9-21(29(27)32)8-5-20-6-12-24(30)13-7-20/h6-7,9-16,18-19H,2-5,8,17H2,1H3. The van der Waals surface area contributed by atoms with Crippen LogP contribution in [0, 0.1) is 11.6 Å². The molecule has 0 saturated heterocycles. The van der Waals surface area contributed by atoms with Crippen molar-refractivity contribution >= 4 is 22.4 Å². The lowest BCUT2D eigenvalue weighted by atomic mass is 9.97. The van der Waals surface area contributed by atoms with Gasteiger partial charge in [-0.15, -0.1) is 0 Å². The SMILES string of the molecule is CCCCCOc1ccc(-c2ccc3c(F)c(CCc4ccc(Cl)cc4)ccc3c2)c(F)c1. The Kier molecular flexibility index (Phi) is 7.61. The number of hydrogen-bond donors (Lipinski definition) is 0. The number of hydrogen-bond acceptors (Lipinski definition) is 1. The molecule has 0 bridgehead atoms. The Hall–Kier alpha value is -2.91. The van der Waals surface area contributed by atoms with E-state index >= 15 is 4.39 Å². The van der Waals surface area contributed by atoms with Gasteiger partial charge in [-0.25, -0.2) is 8.78 Å². The molecular formula is C29H27ClF2O. The van der Waals surface area contributed by atoms with Crippen molar-refractivity contribution in [2.45, 2.75) is 39.0 Å². The van der Waals surface area contributed by atoms with E-state index in [0.29, 0.717) is 45.9 Å². The minimum atomic E-state index is -0.345. The molecule has 0 atom stereocenters. The van der Waals surface area contributed by atoms with Crippen LogP contribution in [0.1, 0.15) is 37.3 Å². The first-order valence-corrected chi connectivity index (χ1v) is 11.8. The third-order valence-electron chi connectivity index (χ3n) is 5.90. The van der Waals surface area contributed by atoms with E-state index in [4.69, 9.17) is 16.3 Å². The molecule has 4 rings (SSSR count). The van der Waals surface area contributed by atoms with Crippen molar-refractivity contribution in [1.82, 2.24) is 0 Å². The van der Waals surface area contributed by atoms with Crippen LogP contribution in [-0.2, 0) is 12.8 Å². The molecule has 0 amide bonds. The lowest BCUT2D eigenvalue weighted by molar-refractivity contribution is 0.305. The summed E-state index contributed by atoms with van der Waals surface area (Å²) in [6.07, 6.45) is 4.49. The molecule has 0 aliphatic rings. The number of aryl methyl sites for hydroxylation is 2. The van der Waals surface area contributed by atoms with Crippen molar-refractivity contribution in [1.29, 1.82) is 0 Å². The lowest BCUT2D eigenvalue weighted by Crippen LogP contribution is -1.98. The molecule has 0 aliphatic carbocycles. The fraction of sp³-hybridized carbons (Fsp3) is 0.241. The molecule has 0 N–H and O–H groups in total. The maximum absolute atomic E-state index is 15.2. The highest BCUT2D eigenvalue weighted by Crippen LogP contribution is 2.31. The number of benzene rings is 4. The topological polar surface area (TPSA) is 9.23 Å². The summed E-state index contributed by atoms with van der Waals surface area (Å²) < 4.78 is 35.6. The first-order chi connectivity index (χ1) is 16.0. The van der Waals surface area contributed by atoms with Gasteiger partial charge in [0.2, 0.25) is 0 Å². The largest absolute Gasteiger partial charge is 0.493 e. The second-order valence-electron chi connectivity index (χ2n) is 8.30. The number of rotatable bonds is 9. The molecule has 0 radical (unpaired) electrons. The minimum Gasteiger partial charge on any atom is -0.493 e. The molecule has 33 heavy (non-hydrogen) atoms. The van der Waals surface area contributed by atoms with Crippen LogP contribution >= 0.6 is 11.6 Å². The van der Waals surface area contributed by atoms with Gasteiger partial charge in [0.05, 0.1) is 6.61 Å². The number of ether oxygens (including phenoxy) is 1. The van der Waals surface area contributed by atoms with Gasteiger partial charge in [0.15, 0.2) is 0 Å². The lowest BCUT2D eigenvalue weighted by Gasteiger charge is -2.11. The van der Waals surface area contributed by atoms with E-state index in [1.165, 1.54) is 6.07 Å². The molecule has 4 aromatic rings. The van der Waals surface area contributed by atoms with Crippen LogP contribution in [0.2, 0.25) is 5.02 Å². The summed E-state index contributed by atoms with van der Waals surface area (Å²) in [4.78, 5) is 0. The van der Waals surface area contributed by atoms with E-state index in [2.05, 4.69) is 6.92 Å². The Morgan fingerprint density at radius 2 is 1.64 bits per heavy atom. The Bertz CT molecular complexity index is 1230. The van der Waals surface area contributed by atoms with E-state index in [-0.39, 0.29) is 11.6 Å². The van der Waals surface area contributed by atoms with Crippen molar-refractivity contribution in [2.75, 3.05) is 6.61 Å². The Morgan fingerprint density at radius 3 is 2.39 bits per heavy atom. The van der Waals surface area contributed by atoms with Crippen LogP contribution in [0.5, 0.6) is 5.75 Å². The van der Waals surface area contributed by atoms with Gasteiger partial charge in [-0.2, -0.15) is 0 Å². The highest BCUT2D eigenvalue weighted by Gasteiger charge is 2.12. The zero-order valence-corrected chi connectivity index (χ0v) is 19.5. The van der Waals surface area contributed by atoms with Crippen LogP contribution < -0.4 is 4.74 Å². The second-order valence-corrected chi connectivity index (χ2v) is 8.73.